The summed E-state index contributed by atoms with van der Waals surface area (Å²) in [6.45, 7) is 10.7. The Labute approximate surface area is 342 Å². The number of hydrogen-bond acceptors (Lipinski definition) is 10. The van der Waals surface area contributed by atoms with Gasteiger partial charge in [0.15, 0.2) is 0 Å². The molecule has 0 aliphatic carbocycles. The molecule has 4 N–H and O–H groups in total. The Bertz CT molecular complexity index is 2330. The van der Waals surface area contributed by atoms with Crippen LogP contribution in [0.5, 0.6) is 0 Å². The van der Waals surface area contributed by atoms with Gasteiger partial charge in [-0.3, -0.25) is 14.6 Å². The summed E-state index contributed by atoms with van der Waals surface area (Å²) in [6, 6.07) is 11.9. The number of carbonyl (C=O) groups is 4. The summed E-state index contributed by atoms with van der Waals surface area (Å²) in [4.78, 5) is 80.9. The van der Waals surface area contributed by atoms with Crippen molar-refractivity contribution in [2.24, 2.45) is 11.3 Å². The molecule has 2 saturated heterocycles. The molecule has 0 radical (unpaired) electrons. The first kappa shape index (κ1) is 40.9. The molecule has 4 amide bonds. The quantitative estimate of drug-likeness (QED) is 0.120. The van der Waals surface area contributed by atoms with Crippen LogP contribution in [0.2, 0.25) is 0 Å². The standard InChI is InChI=1S/C43H52N10O6/c1-24(2)35(50-41(56)58-6)39(54)52-18-8-10-33(52)37-45-22-31(48-37)26-14-12-25(13-15-26)30-21-44-29-20-27(16-17-28(29)47-30)32-23-46-38(49-32)34-11-9-19-53(34)40(55)36(43(3,4)5)51-42(57)59-7/h12-17,20-24,33-36H,8-11,18-19H2,1-7H3,(H,45,48)(H,46,49)(H,50,56)(H,51,57)/t33-,34-,35-,36-/m0/s1. The second-order valence-corrected chi connectivity index (χ2v) is 16.6. The van der Waals surface area contributed by atoms with Gasteiger partial charge in [-0.2, -0.15) is 0 Å². The number of nitrogens with one attached hydrogen (secondary N) is 4. The lowest BCUT2D eigenvalue weighted by atomic mass is 9.85. The third-order valence-corrected chi connectivity index (χ3v) is 11.2. The molecule has 310 valence electrons. The van der Waals surface area contributed by atoms with Gasteiger partial charge in [0, 0.05) is 24.2 Å². The fraction of sp³-hybridized carbons (Fsp3) is 0.442. The van der Waals surface area contributed by atoms with E-state index in [4.69, 9.17) is 19.4 Å². The number of benzene rings is 2. The number of methoxy groups -OCH3 is 2. The zero-order valence-corrected chi connectivity index (χ0v) is 34.5. The number of carbonyl (C=O) groups excluding carboxylic acids is 4. The zero-order valence-electron chi connectivity index (χ0n) is 34.5. The fourth-order valence-electron chi connectivity index (χ4n) is 7.94. The van der Waals surface area contributed by atoms with E-state index in [0.29, 0.717) is 24.7 Å². The summed E-state index contributed by atoms with van der Waals surface area (Å²) < 4.78 is 9.56. The van der Waals surface area contributed by atoms with Crippen LogP contribution in [0.1, 0.15) is 84.0 Å². The summed E-state index contributed by atoms with van der Waals surface area (Å²) in [6.07, 6.45) is 7.22. The first-order chi connectivity index (χ1) is 28.2. The molecule has 0 unspecified atom stereocenters. The average Bonchev–Trinajstić information content (AvgIpc) is 4.07. The van der Waals surface area contributed by atoms with Crippen molar-refractivity contribution in [3.63, 3.8) is 0 Å². The van der Waals surface area contributed by atoms with Crippen molar-refractivity contribution in [2.45, 2.75) is 84.5 Å². The van der Waals surface area contributed by atoms with Gasteiger partial charge in [0.1, 0.15) is 23.7 Å². The Balaban J connectivity index is 1.03. The maximum atomic E-state index is 13.8. The summed E-state index contributed by atoms with van der Waals surface area (Å²) >= 11 is 0. The molecule has 2 aliphatic heterocycles. The van der Waals surface area contributed by atoms with Crippen LogP contribution in [0, 0.1) is 11.3 Å². The molecule has 59 heavy (non-hydrogen) atoms. The topological polar surface area (TPSA) is 200 Å². The van der Waals surface area contributed by atoms with Crippen molar-refractivity contribution in [3.8, 4) is 33.8 Å². The molecule has 0 spiro atoms. The van der Waals surface area contributed by atoms with Crippen LogP contribution in [0.25, 0.3) is 44.8 Å². The van der Waals surface area contributed by atoms with Crippen LogP contribution in [0.15, 0.2) is 61.1 Å². The maximum absolute atomic E-state index is 13.8. The Morgan fingerprint density at radius 1 is 0.712 bits per heavy atom. The van der Waals surface area contributed by atoms with Crippen LogP contribution in [0.4, 0.5) is 9.59 Å². The van der Waals surface area contributed by atoms with Gasteiger partial charge in [0.05, 0.1) is 73.0 Å². The minimum Gasteiger partial charge on any atom is -0.453 e. The first-order valence-electron chi connectivity index (χ1n) is 20.0. The zero-order chi connectivity index (χ0) is 42.0. The van der Waals surface area contributed by atoms with Crippen molar-refractivity contribution < 1.29 is 28.7 Å². The largest absolute Gasteiger partial charge is 0.453 e. The smallest absolute Gasteiger partial charge is 0.407 e. The SMILES string of the molecule is COC(=O)N[C@H](C(=O)N1CCC[C@H]1c1ncc(-c2ccc(-c3cnc4cc(-c5cnc([C@@H]6CCCN6C(=O)[C@H](NC(=O)OC)C(C)(C)C)[nH]5)ccc4n3)cc2)[nH]1)C(C)C. The number of aromatic amines is 2. The van der Waals surface area contributed by atoms with Crippen LogP contribution in [-0.4, -0.2) is 103 Å². The van der Waals surface area contributed by atoms with Gasteiger partial charge in [0.25, 0.3) is 0 Å². The van der Waals surface area contributed by atoms with Crippen LogP contribution in [0.3, 0.4) is 0 Å². The van der Waals surface area contributed by atoms with E-state index in [-0.39, 0.29) is 29.8 Å². The van der Waals surface area contributed by atoms with Crippen LogP contribution >= 0.6 is 0 Å². The summed E-state index contributed by atoms with van der Waals surface area (Å²) in [7, 11) is 2.57. The molecule has 4 atom stereocenters. The van der Waals surface area contributed by atoms with E-state index in [1.807, 2.05) is 77.1 Å². The Morgan fingerprint density at radius 2 is 1.25 bits per heavy atom. The van der Waals surface area contributed by atoms with Crippen molar-refractivity contribution in [3.05, 3.63) is 72.7 Å². The fourth-order valence-corrected chi connectivity index (χ4v) is 7.94. The lowest BCUT2D eigenvalue weighted by Crippen LogP contribution is -2.54. The van der Waals surface area contributed by atoms with Gasteiger partial charge in [-0.15, -0.1) is 0 Å². The minimum atomic E-state index is -0.756. The van der Waals surface area contributed by atoms with E-state index in [0.717, 1.165) is 70.5 Å². The molecule has 16 heteroatoms. The lowest BCUT2D eigenvalue weighted by molar-refractivity contribution is -0.137. The second-order valence-electron chi connectivity index (χ2n) is 16.6. The molecule has 2 aliphatic rings. The highest BCUT2D eigenvalue weighted by Crippen LogP contribution is 2.36. The molecule has 7 rings (SSSR count). The van der Waals surface area contributed by atoms with E-state index in [1.54, 1.807) is 28.4 Å². The number of fused-ring (bicyclic) bond motifs is 1. The van der Waals surface area contributed by atoms with Gasteiger partial charge in [-0.25, -0.2) is 24.5 Å². The lowest BCUT2D eigenvalue weighted by Gasteiger charge is -2.35. The summed E-state index contributed by atoms with van der Waals surface area (Å²) in [5.41, 5.74) is 6.03. The second kappa shape index (κ2) is 16.9. The highest BCUT2D eigenvalue weighted by Gasteiger charge is 2.41. The van der Waals surface area contributed by atoms with Crippen molar-refractivity contribution in [1.29, 1.82) is 0 Å². The van der Waals surface area contributed by atoms with E-state index in [9.17, 15) is 19.2 Å². The molecule has 5 aromatic rings. The number of rotatable bonds is 10. The summed E-state index contributed by atoms with van der Waals surface area (Å²) in [5, 5.41) is 5.42. The Hall–Kier alpha value is -6.32. The first-order valence-corrected chi connectivity index (χ1v) is 20.0. The van der Waals surface area contributed by atoms with Gasteiger partial charge in [0.2, 0.25) is 11.8 Å². The van der Waals surface area contributed by atoms with Gasteiger partial charge < -0.3 is 39.9 Å². The molecular formula is C43H52N10O6. The van der Waals surface area contributed by atoms with Gasteiger partial charge >= 0.3 is 12.2 Å². The minimum absolute atomic E-state index is 0.114. The molecule has 3 aromatic heterocycles. The number of imidazole rings is 2. The van der Waals surface area contributed by atoms with Crippen molar-refractivity contribution >= 4 is 35.0 Å². The number of ether oxygens (including phenoxy) is 2. The van der Waals surface area contributed by atoms with Crippen LogP contribution in [-0.2, 0) is 19.1 Å². The highest BCUT2D eigenvalue weighted by molar-refractivity contribution is 5.88. The molecule has 2 fully saturated rings. The number of nitrogens with zero attached hydrogens (tertiary/aromatic N) is 6. The van der Waals surface area contributed by atoms with Gasteiger partial charge in [-0.05, 0) is 54.7 Å². The molecular weight excluding hydrogens is 753 g/mol. The summed E-state index contributed by atoms with van der Waals surface area (Å²) in [5.74, 6) is 0.960. The van der Waals surface area contributed by atoms with Crippen LogP contribution < -0.4 is 10.6 Å². The maximum Gasteiger partial charge on any atom is 0.407 e. The third kappa shape index (κ3) is 8.61. The van der Waals surface area contributed by atoms with E-state index >= 15 is 0 Å². The predicted octanol–water partition coefficient (Wildman–Crippen LogP) is 6.56. The number of alkyl carbamates (subject to hydrolysis) is 2. The average molecular weight is 805 g/mol. The van der Waals surface area contributed by atoms with E-state index in [1.165, 1.54) is 14.2 Å². The monoisotopic (exact) mass is 804 g/mol. The van der Waals surface area contributed by atoms with Crippen molar-refractivity contribution in [1.82, 2.24) is 50.3 Å². The predicted molar refractivity (Wildman–Crippen MR) is 220 cm³/mol. The number of hydrogen-bond donors (Lipinski definition) is 4. The van der Waals surface area contributed by atoms with Gasteiger partial charge in [-0.1, -0.05) is 65.0 Å². The Morgan fingerprint density at radius 3 is 1.83 bits per heavy atom. The number of likely N-dealkylation sites (tertiary alicyclic amines) is 2. The molecule has 0 saturated carbocycles. The third-order valence-electron chi connectivity index (χ3n) is 11.2. The Kier molecular flexibility index (Phi) is 11.7. The molecule has 0 bridgehead atoms. The van der Waals surface area contributed by atoms with E-state index in [2.05, 4.69) is 30.6 Å². The number of amides is 4. The van der Waals surface area contributed by atoms with Crippen molar-refractivity contribution in [2.75, 3.05) is 27.3 Å². The highest BCUT2D eigenvalue weighted by atomic mass is 16.5. The molecule has 16 nitrogen and oxygen atoms in total. The van der Waals surface area contributed by atoms with E-state index < -0.39 is 29.7 Å². The molecule has 5 heterocycles. The number of H-pyrrole nitrogens is 2. The normalized spacial score (nSPS) is 17.9. The molecule has 2 aromatic carbocycles. The number of aromatic nitrogens is 6.